The van der Waals surface area contributed by atoms with E-state index in [2.05, 4.69) is 16.0 Å². The maximum absolute atomic E-state index is 12.6. The highest BCUT2D eigenvalue weighted by atomic mass is 16.5. The number of nitrogens with one attached hydrogen (secondary N) is 2. The summed E-state index contributed by atoms with van der Waals surface area (Å²) in [4.78, 5) is 49.8. The maximum atomic E-state index is 12.6. The molecule has 0 aliphatic carbocycles. The number of para-hydroxylation sites is 1. The third-order valence-electron chi connectivity index (χ3n) is 4.83. The summed E-state index contributed by atoms with van der Waals surface area (Å²) in [7, 11) is 0. The van der Waals surface area contributed by atoms with E-state index >= 15 is 0 Å². The highest BCUT2D eigenvalue weighted by Crippen LogP contribution is 2.47. The first-order chi connectivity index (χ1) is 14.7. The molecule has 0 radical (unpaired) electrons. The van der Waals surface area contributed by atoms with Crippen LogP contribution in [0, 0.1) is 0 Å². The monoisotopic (exact) mass is 424 g/mol. The SMILES string of the molecule is [NH3+]C(CC(=O)c1cccc2c1Nc1c(cc([O-])c3[nH]c(C(=O)O)cc(=O)c13)O2)C(=O)[O-]. The van der Waals surface area contributed by atoms with Crippen LogP contribution >= 0.6 is 0 Å². The number of carboxylic acids is 2. The molecule has 1 aliphatic heterocycles. The van der Waals surface area contributed by atoms with Crippen LogP contribution in [0.15, 0.2) is 35.1 Å². The second kappa shape index (κ2) is 7.15. The average molecular weight is 424 g/mol. The van der Waals surface area contributed by atoms with Gasteiger partial charge in [-0.25, -0.2) is 4.79 Å². The van der Waals surface area contributed by atoms with Crippen LogP contribution in [0.2, 0.25) is 0 Å². The van der Waals surface area contributed by atoms with Crippen LogP contribution in [0.1, 0.15) is 27.3 Å². The number of aliphatic carboxylic acids is 1. The number of benzene rings is 2. The first kappa shape index (κ1) is 19.9. The van der Waals surface area contributed by atoms with Gasteiger partial charge in [0.25, 0.3) is 0 Å². The fourth-order valence-electron chi connectivity index (χ4n) is 3.34. The van der Waals surface area contributed by atoms with Gasteiger partial charge in [0.1, 0.15) is 11.7 Å². The Morgan fingerprint density at radius 3 is 2.58 bits per heavy atom. The zero-order valence-corrected chi connectivity index (χ0v) is 15.7. The molecular formula is C20H14N3O8-. The van der Waals surface area contributed by atoms with Gasteiger partial charge in [0, 0.05) is 17.1 Å². The number of rotatable bonds is 5. The Morgan fingerprint density at radius 2 is 1.90 bits per heavy atom. The predicted molar refractivity (Wildman–Crippen MR) is 101 cm³/mol. The number of ketones is 1. The number of quaternary nitrogens is 1. The van der Waals surface area contributed by atoms with Gasteiger partial charge in [-0.05, 0) is 18.2 Å². The molecule has 6 N–H and O–H groups in total. The summed E-state index contributed by atoms with van der Waals surface area (Å²) in [6, 6.07) is 5.15. The van der Waals surface area contributed by atoms with Crippen LogP contribution in [-0.2, 0) is 4.79 Å². The lowest BCUT2D eigenvalue weighted by Crippen LogP contribution is -2.68. The minimum atomic E-state index is -1.47. The number of hydrogen-bond donors (Lipinski definition) is 4. The molecule has 2 heterocycles. The van der Waals surface area contributed by atoms with Crippen molar-refractivity contribution in [1.82, 2.24) is 4.98 Å². The maximum Gasteiger partial charge on any atom is 0.352 e. The molecule has 0 amide bonds. The number of anilines is 2. The molecule has 158 valence electrons. The Balaban J connectivity index is 1.86. The van der Waals surface area contributed by atoms with Gasteiger partial charge in [-0.1, -0.05) is 11.8 Å². The molecular weight excluding hydrogens is 410 g/mol. The summed E-state index contributed by atoms with van der Waals surface area (Å²) in [6.45, 7) is 0. The highest BCUT2D eigenvalue weighted by Gasteiger charge is 2.27. The van der Waals surface area contributed by atoms with Gasteiger partial charge in [-0.15, -0.1) is 0 Å². The van der Waals surface area contributed by atoms with Crippen molar-refractivity contribution in [3.63, 3.8) is 0 Å². The van der Waals surface area contributed by atoms with Crippen molar-refractivity contribution >= 4 is 40.0 Å². The molecule has 1 atom stereocenters. The molecule has 0 saturated carbocycles. The molecule has 1 unspecified atom stereocenters. The van der Waals surface area contributed by atoms with Crippen LogP contribution in [-0.4, -0.2) is 33.9 Å². The lowest BCUT2D eigenvalue weighted by atomic mass is 10.00. The third-order valence-corrected chi connectivity index (χ3v) is 4.83. The second-order valence-electron chi connectivity index (χ2n) is 6.90. The van der Waals surface area contributed by atoms with E-state index in [0.29, 0.717) is 0 Å². The number of Topliss-reactive ketones (excluding diaryl/α,β-unsaturated/α-hetero) is 1. The van der Waals surface area contributed by atoms with Crippen LogP contribution in [0.4, 0.5) is 11.4 Å². The summed E-state index contributed by atoms with van der Waals surface area (Å²) in [5, 5.41) is 35.3. The molecule has 0 bridgehead atoms. The quantitative estimate of drug-likeness (QED) is 0.292. The number of aromatic carboxylic acids is 1. The molecule has 11 heteroatoms. The van der Waals surface area contributed by atoms with Crippen molar-refractivity contribution in [2.75, 3.05) is 5.32 Å². The Bertz CT molecular complexity index is 1340. The summed E-state index contributed by atoms with van der Waals surface area (Å²) < 4.78 is 5.71. The van der Waals surface area contributed by atoms with E-state index in [1.165, 1.54) is 18.2 Å². The summed E-state index contributed by atoms with van der Waals surface area (Å²) in [5.74, 6) is -3.87. The van der Waals surface area contributed by atoms with Gasteiger partial charge in [-0.2, -0.15) is 0 Å². The van der Waals surface area contributed by atoms with E-state index in [4.69, 9.17) is 9.84 Å². The number of aromatic amines is 1. The van der Waals surface area contributed by atoms with Gasteiger partial charge < -0.3 is 40.9 Å². The van der Waals surface area contributed by atoms with E-state index in [-0.39, 0.29) is 39.3 Å². The number of hydrogen-bond acceptors (Lipinski definition) is 8. The number of pyridine rings is 1. The lowest BCUT2D eigenvalue weighted by Gasteiger charge is -2.26. The second-order valence-corrected chi connectivity index (χ2v) is 6.90. The van der Waals surface area contributed by atoms with E-state index in [1.807, 2.05) is 0 Å². The fraction of sp³-hybridized carbons (Fsp3) is 0.100. The van der Waals surface area contributed by atoms with E-state index in [1.54, 1.807) is 0 Å². The number of carbonyl (C=O) groups excluding carboxylic acids is 2. The molecule has 3 aromatic rings. The predicted octanol–water partition coefficient (Wildman–Crippen LogP) is -0.918. The number of fused-ring (bicyclic) bond motifs is 4. The first-order valence-corrected chi connectivity index (χ1v) is 8.96. The smallest absolute Gasteiger partial charge is 0.352 e. The minimum Gasteiger partial charge on any atom is -0.871 e. The molecule has 11 nitrogen and oxygen atoms in total. The van der Waals surface area contributed by atoms with Gasteiger partial charge in [0.15, 0.2) is 22.7 Å². The van der Waals surface area contributed by atoms with Crippen LogP contribution in [0.25, 0.3) is 10.9 Å². The average Bonchev–Trinajstić information content (AvgIpc) is 2.71. The Morgan fingerprint density at radius 1 is 1.16 bits per heavy atom. The minimum absolute atomic E-state index is 0.0212. The van der Waals surface area contributed by atoms with Crippen molar-refractivity contribution in [2.24, 2.45) is 0 Å². The fourth-order valence-corrected chi connectivity index (χ4v) is 3.34. The van der Waals surface area contributed by atoms with Crippen LogP contribution in [0.5, 0.6) is 17.2 Å². The van der Waals surface area contributed by atoms with Gasteiger partial charge in [-0.3, -0.25) is 9.59 Å². The molecule has 0 fully saturated rings. The van der Waals surface area contributed by atoms with Crippen molar-refractivity contribution in [3.8, 4) is 17.2 Å². The molecule has 1 aromatic heterocycles. The van der Waals surface area contributed by atoms with Crippen molar-refractivity contribution in [1.29, 1.82) is 0 Å². The number of H-pyrrole nitrogens is 1. The standard InChI is InChI=1S/C20H15N3O8/c21-8(19(27)28)4-10(24)7-2-1-3-13-16(7)23-18-14(31-13)6-12(26)17-15(18)11(25)5-9(22-17)20(29)30/h1-3,5-6,8,23,26H,4,21H2,(H,22,25)(H,27,28)(H,29,30)/p-1. The van der Waals surface area contributed by atoms with Crippen LogP contribution in [0.3, 0.4) is 0 Å². The lowest BCUT2D eigenvalue weighted by molar-refractivity contribution is -0.435. The third kappa shape index (κ3) is 3.32. The van der Waals surface area contributed by atoms with Gasteiger partial charge in [0.05, 0.1) is 29.2 Å². The molecule has 0 spiro atoms. The van der Waals surface area contributed by atoms with Crippen molar-refractivity contribution < 1.29 is 40.2 Å². The van der Waals surface area contributed by atoms with Crippen molar-refractivity contribution in [2.45, 2.75) is 12.5 Å². The summed E-state index contributed by atoms with van der Waals surface area (Å²) in [6.07, 6.45) is -0.421. The normalized spacial score (nSPS) is 12.8. The number of ether oxygens (including phenoxy) is 1. The molecule has 2 aromatic carbocycles. The topological polar surface area (TPSA) is 199 Å². The Kier molecular flexibility index (Phi) is 4.59. The zero-order valence-electron chi connectivity index (χ0n) is 15.7. The number of carboxylic acid groups (broad SMARTS) is 2. The zero-order chi connectivity index (χ0) is 22.4. The molecule has 1 aliphatic rings. The molecule has 31 heavy (non-hydrogen) atoms. The Hall–Kier alpha value is -4.38. The van der Waals surface area contributed by atoms with E-state index in [9.17, 15) is 29.4 Å². The van der Waals surface area contributed by atoms with Crippen LogP contribution < -0.4 is 31.4 Å². The van der Waals surface area contributed by atoms with Crippen molar-refractivity contribution in [3.05, 3.63) is 51.8 Å². The van der Waals surface area contributed by atoms with Gasteiger partial charge in [0.2, 0.25) is 0 Å². The van der Waals surface area contributed by atoms with E-state index in [0.717, 1.165) is 12.1 Å². The summed E-state index contributed by atoms with van der Waals surface area (Å²) >= 11 is 0. The molecule has 0 saturated heterocycles. The number of carbonyl (C=O) groups is 3. The summed E-state index contributed by atoms with van der Waals surface area (Å²) in [5.41, 5.74) is 2.29. The first-order valence-electron chi connectivity index (χ1n) is 8.96. The van der Waals surface area contributed by atoms with E-state index < -0.39 is 47.1 Å². The number of aromatic nitrogens is 1. The highest BCUT2D eigenvalue weighted by molar-refractivity contribution is 6.08. The molecule has 4 rings (SSSR count). The largest absolute Gasteiger partial charge is 0.871 e. The van der Waals surface area contributed by atoms with Gasteiger partial charge >= 0.3 is 5.97 Å². The Labute approximate surface area is 172 Å².